The number of hydrogen-bond acceptors (Lipinski definition) is 3. The van der Waals surface area contributed by atoms with Crippen molar-refractivity contribution in [2.24, 2.45) is 28.6 Å². The molecule has 0 bridgehead atoms. The standard InChI is InChI=1S/C22H30O3/c1-13-11-16-17(20(3)8-5-15(24)12-19(13)20)6-9-21(4)18(16)7-10-22(21,25)14(2)23/h12,16-18,25H,1,5-11H2,2-4H3/t16-,17+,18-,20+,21-,22-/m0/s1. The van der Waals surface area contributed by atoms with Gasteiger partial charge in [-0.1, -0.05) is 26.0 Å². The molecule has 0 radical (unpaired) electrons. The quantitative estimate of drug-likeness (QED) is 0.783. The van der Waals surface area contributed by atoms with Crippen LogP contribution >= 0.6 is 0 Å². The molecule has 0 aromatic carbocycles. The minimum Gasteiger partial charge on any atom is -0.382 e. The number of carbonyl (C=O) groups excluding carboxylic acids is 2. The normalized spacial score (nSPS) is 49.1. The van der Waals surface area contributed by atoms with Crippen LogP contribution in [0, 0.1) is 28.6 Å². The summed E-state index contributed by atoms with van der Waals surface area (Å²) in [6, 6.07) is 0. The van der Waals surface area contributed by atoms with E-state index in [9.17, 15) is 14.7 Å². The lowest BCUT2D eigenvalue weighted by Crippen LogP contribution is -2.57. The summed E-state index contributed by atoms with van der Waals surface area (Å²) in [7, 11) is 0. The Morgan fingerprint density at radius 2 is 1.88 bits per heavy atom. The van der Waals surface area contributed by atoms with Crippen molar-refractivity contribution in [1.29, 1.82) is 0 Å². The molecule has 0 aromatic rings. The van der Waals surface area contributed by atoms with Crippen LogP contribution < -0.4 is 0 Å². The van der Waals surface area contributed by atoms with Crippen LogP contribution in [0.3, 0.4) is 0 Å². The van der Waals surface area contributed by atoms with Crippen LogP contribution in [-0.4, -0.2) is 22.3 Å². The van der Waals surface area contributed by atoms with E-state index < -0.39 is 5.60 Å². The van der Waals surface area contributed by atoms with Gasteiger partial charge in [0.2, 0.25) is 0 Å². The molecule has 0 heterocycles. The Kier molecular flexibility index (Phi) is 3.55. The number of Topliss-reactive ketones (excluding diaryl/α,β-unsaturated/α-hetero) is 1. The predicted molar refractivity (Wildman–Crippen MR) is 96.9 cm³/mol. The van der Waals surface area contributed by atoms with Crippen LogP contribution in [0.1, 0.15) is 65.7 Å². The van der Waals surface area contributed by atoms with E-state index in [2.05, 4.69) is 20.4 Å². The molecule has 0 unspecified atom stereocenters. The topological polar surface area (TPSA) is 54.4 Å². The zero-order valence-corrected chi connectivity index (χ0v) is 15.7. The molecule has 4 aliphatic rings. The maximum absolute atomic E-state index is 12.3. The number of rotatable bonds is 1. The number of aliphatic hydroxyl groups is 1. The molecule has 0 spiro atoms. The summed E-state index contributed by atoms with van der Waals surface area (Å²) in [6.45, 7) is 10.3. The first-order valence-electron chi connectivity index (χ1n) is 9.80. The molecule has 25 heavy (non-hydrogen) atoms. The lowest BCUT2D eigenvalue weighted by Gasteiger charge is -2.59. The summed E-state index contributed by atoms with van der Waals surface area (Å²) in [5, 5.41) is 11.2. The lowest BCUT2D eigenvalue weighted by atomic mass is 9.45. The van der Waals surface area contributed by atoms with Crippen molar-refractivity contribution in [2.45, 2.75) is 71.3 Å². The van der Waals surface area contributed by atoms with E-state index in [1.165, 1.54) is 5.57 Å². The first kappa shape index (κ1) is 17.2. The summed E-state index contributed by atoms with van der Waals surface area (Å²) in [4.78, 5) is 24.2. The Hall–Kier alpha value is -1.22. The maximum atomic E-state index is 12.3. The second kappa shape index (κ2) is 5.16. The summed E-state index contributed by atoms with van der Waals surface area (Å²) < 4.78 is 0. The van der Waals surface area contributed by atoms with Crippen molar-refractivity contribution in [3.63, 3.8) is 0 Å². The summed E-state index contributed by atoms with van der Waals surface area (Å²) in [6.07, 6.45) is 7.77. The van der Waals surface area contributed by atoms with Crippen LogP contribution in [-0.2, 0) is 9.59 Å². The molecule has 4 aliphatic carbocycles. The van der Waals surface area contributed by atoms with Gasteiger partial charge in [0.15, 0.2) is 11.6 Å². The molecule has 1 N–H and O–H groups in total. The number of allylic oxidation sites excluding steroid dienone is 2. The fraction of sp³-hybridized carbons (Fsp3) is 0.727. The molecule has 3 nitrogen and oxygen atoms in total. The van der Waals surface area contributed by atoms with Gasteiger partial charge in [0.1, 0.15) is 5.60 Å². The zero-order chi connectivity index (χ0) is 18.2. The van der Waals surface area contributed by atoms with Crippen molar-refractivity contribution in [1.82, 2.24) is 0 Å². The monoisotopic (exact) mass is 342 g/mol. The average Bonchev–Trinajstić information content (AvgIpc) is 2.83. The van der Waals surface area contributed by atoms with Gasteiger partial charge in [-0.15, -0.1) is 0 Å². The zero-order valence-electron chi connectivity index (χ0n) is 15.7. The van der Waals surface area contributed by atoms with Gasteiger partial charge in [-0.25, -0.2) is 0 Å². The second-order valence-electron chi connectivity index (χ2n) is 9.54. The Morgan fingerprint density at radius 3 is 2.56 bits per heavy atom. The van der Waals surface area contributed by atoms with Gasteiger partial charge in [-0.05, 0) is 80.3 Å². The molecular formula is C22H30O3. The van der Waals surface area contributed by atoms with Crippen LogP contribution in [0.5, 0.6) is 0 Å². The smallest absolute Gasteiger partial charge is 0.161 e. The molecular weight excluding hydrogens is 312 g/mol. The average molecular weight is 342 g/mol. The van der Waals surface area contributed by atoms with Gasteiger partial charge in [-0.2, -0.15) is 0 Å². The third-order valence-electron chi connectivity index (χ3n) is 8.66. The van der Waals surface area contributed by atoms with E-state index >= 15 is 0 Å². The highest BCUT2D eigenvalue weighted by Crippen LogP contribution is 2.68. The highest BCUT2D eigenvalue weighted by Gasteiger charge is 2.65. The Labute approximate surface area is 150 Å². The second-order valence-corrected chi connectivity index (χ2v) is 9.54. The van der Waals surface area contributed by atoms with Crippen LogP contribution in [0.2, 0.25) is 0 Å². The van der Waals surface area contributed by atoms with E-state index in [1.807, 2.05) is 6.08 Å². The number of hydrogen-bond donors (Lipinski definition) is 1. The third-order valence-corrected chi connectivity index (χ3v) is 8.66. The van der Waals surface area contributed by atoms with E-state index in [-0.39, 0.29) is 22.4 Å². The molecule has 3 fully saturated rings. The summed E-state index contributed by atoms with van der Waals surface area (Å²) >= 11 is 0. The Morgan fingerprint density at radius 1 is 1.20 bits per heavy atom. The summed E-state index contributed by atoms with van der Waals surface area (Å²) in [5.41, 5.74) is 0.852. The van der Waals surface area contributed by atoms with E-state index in [4.69, 9.17) is 0 Å². The van der Waals surface area contributed by atoms with Crippen LogP contribution in [0.4, 0.5) is 0 Å². The third kappa shape index (κ3) is 2.02. The number of ketones is 2. The Bertz CT molecular complexity index is 704. The molecule has 0 saturated heterocycles. The summed E-state index contributed by atoms with van der Waals surface area (Å²) in [5.74, 6) is 1.54. The minimum atomic E-state index is -1.16. The van der Waals surface area contributed by atoms with Crippen molar-refractivity contribution in [2.75, 3.05) is 0 Å². The number of fused-ring (bicyclic) bond motifs is 5. The molecule has 0 aliphatic heterocycles. The molecule has 136 valence electrons. The van der Waals surface area contributed by atoms with Gasteiger partial charge >= 0.3 is 0 Å². The van der Waals surface area contributed by atoms with Gasteiger partial charge < -0.3 is 5.11 Å². The van der Waals surface area contributed by atoms with Crippen molar-refractivity contribution < 1.29 is 14.7 Å². The van der Waals surface area contributed by atoms with E-state index in [1.54, 1.807) is 6.92 Å². The first-order valence-corrected chi connectivity index (χ1v) is 9.80. The fourth-order valence-electron chi connectivity index (χ4n) is 7.16. The predicted octanol–water partition coefficient (Wildman–Crippen LogP) is 4.00. The highest BCUT2D eigenvalue weighted by molar-refractivity contribution is 5.92. The molecule has 3 saturated carbocycles. The van der Waals surface area contributed by atoms with Crippen molar-refractivity contribution in [3.8, 4) is 0 Å². The minimum absolute atomic E-state index is 0.0339. The van der Waals surface area contributed by atoms with Gasteiger partial charge in [0, 0.05) is 11.8 Å². The van der Waals surface area contributed by atoms with Crippen molar-refractivity contribution >= 4 is 11.6 Å². The molecule has 3 heteroatoms. The number of carbonyl (C=O) groups is 2. The van der Waals surface area contributed by atoms with Crippen LogP contribution in [0.15, 0.2) is 23.8 Å². The molecule has 4 rings (SSSR count). The van der Waals surface area contributed by atoms with Gasteiger partial charge in [-0.3, -0.25) is 9.59 Å². The largest absolute Gasteiger partial charge is 0.382 e. The molecule has 6 atom stereocenters. The fourth-order valence-corrected chi connectivity index (χ4v) is 7.16. The maximum Gasteiger partial charge on any atom is 0.161 e. The van der Waals surface area contributed by atoms with Gasteiger partial charge in [0.25, 0.3) is 0 Å². The first-order chi connectivity index (χ1) is 11.6. The van der Waals surface area contributed by atoms with Crippen molar-refractivity contribution in [3.05, 3.63) is 23.8 Å². The molecule has 0 amide bonds. The molecule has 0 aromatic heterocycles. The van der Waals surface area contributed by atoms with E-state index in [0.717, 1.165) is 37.7 Å². The van der Waals surface area contributed by atoms with Crippen LogP contribution in [0.25, 0.3) is 0 Å². The Balaban J connectivity index is 1.75. The van der Waals surface area contributed by atoms with E-state index in [0.29, 0.717) is 30.6 Å². The highest BCUT2D eigenvalue weighted by atomic mass is 16.3. The lowest BCUT2D eigenvalue weighted by molar-refractivity contribution is -0.159. The van der Waals surface area contributed by atoms with Gasteiger partial charge in [0.05, 0.1) is 0 Å². The SMILES string of the molecule is C=C1C[C@H]2[C@@H](CC[C@@]3(C)[C@H]2CC[C@]3(O)C(C)=O)[C@@]2(C)CCC(=O)C=C12.